The molecule has 0 saturated carbocycles. The molecule has 0 spiro atoms. The van der Waals surface area contributed by atoms with Crippen LogP contribution < -0.4 is 4.74 Å². The zero-order valence-electron chi connectivity index (χ0n) is 9.98. The molecule has 2 rings (SSSR count). The van der Waals surface area contributed by atoms with Crippen molar-refractivity contribution in [3.63, 3.8) is 0 Å². The number of aromatic carboxylic acids is 1. The molecule has 0 atom stereocenters. The normalized spacial score (nSPS) is 10.3. The monoisotopic (exact) mass is 296 g/mol. The van der Waals surface area contributed by atoms with Gasteiger partial charge in [0.05, 0.1) is 6.61 Å². The summed E-state index contributed by atoms with van der Waals surface area (Å²) < 4.78 is 6.43. The fraction of sp³-hybridized carbons (Fsp3) is 0.250. The van der Waals surface area contributed by atoms with Crippen molar-refractivity contribution in [3.05, 3.63) is 35.3 Å². The molecule has 0 aliphatic carbocycles. The Balaban J connectivity index is 1.75. The molecule has 0 bridgehead atoms. The van der Waals surface area contributed by atoms with Crippen LogP contribution in [0.15, 0.2) is 34.1 Å². The number of carboxylic acids is 1. The van der Waals surface area contributed by atoms with E-state index in [0.717, 1.165) is 16.5 Å². The summed E-state index contributed by atoms with van der Waals surface area (Å²) in [7, 11) is 0. The van der Waals surface area contributed by atoms with Gasteiger partial charge in [-0.15, -0.1) is 10.2 Å². The quantitative estimate of drug-likeness (QED) is 0.625. The third-order valence-electron chi connectivity index (χ3n) is 2.23. The molecule has 100 valence electrons. The van der Waals surface area contributed by atoms with Gasteiger partial charge in [0.1, 0.15) is 16.8 Å². The molecule has 0 radical (unpaired) electrons. The van der Waals surface area contributed by atoms with Gasteiger partial charge in [0.2, 0.25) is 0 Å². The van der Waals surface area contributed by atoms with E-state index in [1.54, 1.807) is 35.5 Å². The molecule has 2 aromatic rings. The SMILES string of the molecule is O=C(O)c1ccccc1OCCCSc1nncs1. The number of hydrogen-bond acceptors (Lipinski definition) is 6. The molecular formula is C12H12N2O3S2. The molecule has 1 heterocycles. The molecule has 1 aromatic heterocycles. The molecule has 0 fully saturated rings. The fourth-order valence-electron chi connectivity index (χ4n) is 1.40. The van der Waals surface area contributed by atoms with Gasteiger partial charge >= 0.3 is 5.97 Å². The average Bonchev–Trinajstić information content (AvgIpc) is 2.92. The molecule has 0 aliphatic rings. The van der Waals surface area contributed by atoms with Gasteiger partial charge < -0.3 is 9.84 Å². The Labute approximate surface area is 118 Å². The number of ether oxygens (including phenoxy) is 1. The lowest BCUT2D eigenvalue weighted by Crippen LogP contribution is -2.04. The number of benzene rings is 1. The fourth-order valence-corrected chi connectivity index (χ4v) is 2.87. The third-order valence-corrected chi connectivity index (χ3v) is 4.18. The number of rotatable bonds is 7. The third kappa shape index (κ3) is 4.22. The smallest absolute Gasteiger partial charge is 0.339 e. The van der Waals surface area contributed by atoms with E-state index in [0.29, 0.717) is 12.4 Å². The van der Waals surface area contributed by atoms with Gasteiger partial charge in [0, 0.05) is 5.75 Å². The Hall–Kier alpha value is -1.60. The van der Waals surface area contributed by atoms with Crippen LogP contribution in [0.25, 0.3) is 0 Å². The maximum Gasteiger partial charge on any atom is 0.339 e. The highest BCUT2D eigenvalue weighted by atomic mass is 32.2. The number of nitrogens with zero attached hydrogens (tertiary/aromatic N) is 2. The Bertz CT molecular complexity index is 532. The molecule has 5 nitrogen and oxygen atoms in total. The van der Waals surface area contributed by atoms with Crippen molar-refractivity contribution in [2.24, 2.45) is 0 Å². The number of carbonyl (C=O) groups is 1. The van der Waals surface area contributed by atoms with E-state index in [1.807, 2.05) is 0 Å². The standard InChI is InChI=1S/C12H12N2O3S2/c15-11(16)9-4-1-2-5-10(9)17-6-3-7-18-12-14-13-8-19-12/h1-2,4-5,8H,3,6-7H2,(H,15,16). The largest absolute Gasteiger partial charge is 0.493 e. The Morgan fingerprint density at radius 2 is 2.26 bits per heavy atom. The van der Waals surface area contributed by atoms with Gasteiger partial charge in [-0.3, -0.25) is 0 Å². The van der Waals surface area contributed by atoms with E-state index in [-0.39, 0.29) is 5.56 Å². The van der Waals surface area contributed by atoms with Crippen molar-refractivity contribution < 1.29 is 14.6 Å². The summed E-state index contributed by atoms with van der Waals surface area (Å²) in [6.45, 7) is 0.482. The van der Waals surface area contributed by atoms with E-state index < -0.39 is 5.97 Å². The predicted octanol–water partition coefficient (Wildman–Crippen LogP) is 2.80. The zero-order chi connectivity index (χ0) is 13.5. The summed E-state index contributed by atoms with van der Waals surface area (Å²) in [5, 5.41) is 16.7. The van der Waals surface area contributed by atoms with Crippen LogP contribution in [-0.4, -0.2) is 33.6 Å². The second kappa shape index (κ2) is 7.10. The molecule has 0 unspecified atom stereocenters. The second-order valence-corrected chi connectivity index (χ2v) is 5.73. The van der Waals surface area contributed by atoms with Crippen LogP contribution in [0.2, 0.25) is 0 Å². The lowest BCUT2D eigenvalue weighted by molar-refractivity contribution is 0.0692. The molecule has 0 saturated heterocycles. The highest BCUT2D eigenvalue weighted by Crippen LogP contribution is 2.21. The number of thioether (sulfide) groups is 1. The summed E-state index contributed by atoms with van der Waals surface area (Å²) in [5.74, 6) is 0.305. The highest BCUT2D eigenvalue weighted by molar-refractivity contribution is 8.00. The van der Waals surface area contributed by atoms with Crippen LogP contribution in [-0.2, 0) is 0 Å². The highest BCUT2D eigenvalue weighted by Gasteiger charge is 2.09. The molecule has 7 heteroatoms. The minimum absolute atomic E-state index is 0.194. The van der Waals surface area contributed by atoms with Crippen molar-refractivity contribution in [1.29, 1.82) is 0 Å². The minimum Gasteiger partial charge on any atom is -0.493 e. The maximum absolute atomic E-state index is 11.0. The zero-order valence-corrected chi connectivity index (χ0v) is 11.6. The van der Waals surface area contributed by atoms with Crippen molar-refractivity contribution in [1.82, 2.24) is 10.2 Å². The van der Waals surface area contributed by atoms with Crippen LogP contribution in [0.1, 0.15) is 16.8 Å². The van der Waals surface area contributed by atoms with Crippen LogP contribution in [0.5, 0.6) is 5.75 Å². The molecular weight excluding hydrogens is 284 g/mol. The summed E-state index contributed by atoms with van der Waals surface area (Å²) >= 11 is 3.13. The summed E-state index contributed by atoms with van der Waals surface area (Å²) in [6.07, 6.45) is 0.818. The van der Waals surface area contributed by atoms with E-state index in [9.17, 15) is 4.79 Å². The van der Waals surface area contributed by atoms with Gasteiger partial charge in [0.25, 0.3) is 0 Å². The molecule has 1 aromatic carbocycles. The van der Waals surface area contributed by atoms with Gasteiger partial charge in [-0.2, -0.15) is 0 Å². The van der Waals surface area contributed by atoms with Crippen molar-refractivity contribution in [3.8, 4) is 5.75 Å². The molecule has 1 N–H and O–H groups in total. The average molecular weight is 296 g/mol. The second-order valence-electron chi connectivity index (χ2n) is 3.56. The van der Waals surface area contributed by atoms with E-state index in [1.165, 1.54) is 17.4 Å². The Kier molecular flexibility index (Phi) is 5.17. The van der Waals surface area contributed by atoms with Gasteiger partial charge in [-0.05, 0) is 18.6 Å². The van der Waals surface area contributed by atoms with Crippen LogP contribution in [0.3, 0.4) is 0 Å². The van der Waals surface area contributed by atoms with E-state index in [2.05, 4.69) is 10.2 Å². The first-order valence-corrected chi connectivity index (χ1v) is 7.48. The van der Waals surface area contributed by atoms with E-state index in [4.69, 9.17) is 9.84 Å². The van der Waals surface area contributed by atoms with Crippen LogP contribution in [0, 0.1) is 0 Å². The molecule has 19 heavy (non-hydrogen) atoms. The van der Waals surface area contributed by atoms with Gasteiger partial charge in [-0.1, -0.05) is 35.2 Å². The summed E-state index contributed by atoms with van der Waals surface area (Å²) in [5.41, 5.74) is 1.89. The van der Waals surface area contributed by atoms with Crippen molar-refractivity contribution in [2.45, 2.75) is 10.8 Å². The molecule has 0 aliphatic heterocycles. The van der Waals surface area contributed by atoms with Gasteiger partial charge in [-0.25, -0.2) is 4.79 Å². The minimum atomic E-state index is -0.973. The lowest BCUT2D eigenvalue weighted by Gasteiger charge is -2.08. The van der Waals surface area contributed by atoms with Crippen molar-refractivity contribution in [2.75, 3.05) is 12.4 Å². The molecule has 0 amide bonds. The number of aromatic nitrogens is 2. The number of para-hydroxylation sites is 1. The van der Waals surface area contributed by atoms with Gasteiger partial charge in [0.15, 0.2) is 4.34 Å². The van der Waals surface area contributed by atoms with Crippen LogP contribution >= 0.6 is 23.1 Å². The Morgan fingerprint density at radius 1 is 1.42 bits per heavy atom. The van der Waals surface area contributed by atoms with Crippen LogP contribution in [0.4, 0.5) is 0 Å². The summed E-state index contributed by atoms with van der Waals surface area (Å²) in [4.78, 5) is 11.0. The predicted molar refractivity (Wildman–Crippen MR) is 74.1 cm³/mol. The number of carboxylic acid groups (broad SMARTS) is 1. The van der Waals surface area contributed by atoms with Crippen molar-refractivity contribution >= 4 is 29.1 Å². The summed E-state index contributed by atoms with van der Waals surface area (Å²) in [6, 6.07) is 6.65. The maximum atomic E-state index is 11.0. The lowest BCUT2D eigenvalue weighted by atomic mass is 10.2. The topological polar surface area (TPSA) is 72.3 Å². The Morgan fingerprint density at radius 3 is 3.00 bits per heavy atom. The number of hydrogen-bond donors (Lipinski definition) is 1. The first kappa shape index (κ1) is 13.8. The first-order chi connectivity index (χ1) is 9.27. The van der Waals surface area contributed by atoms with E-state index >= 15 is 0 Å². The first-order valence-electron chi connectivity index (χ1n) is 5.61.